The molecule has 1 heteroatoms. The van der Waals surface area contributed by atoms with Gasteiger partial charge < -0.3 is 4.90 Å². The third-order valence-corrected chi connectivity index (χ3v) is 13.3. The molecular weight excluding hydrogens is 711 g/mol. The van der Waals surface area contributed by atoms with E-state index in [2.05, 4.69) is 233 Å². The van der Waals surface area contributed by atoms with E-state index in [1.54, 1.807) is 0 Å². The molecule has 1 nitrogen and oxygen atoms in total. The second kappa shape index (κ2) is 13.3. The lowest BCUT2D eigenvalue weighted by atomic mass is 9.79. The maximum Gasteiger partial charge on any atom is 0.0468 e. The van der Waals surface area contributed by atoms with Gasteiger partial charge >= 0.3 is 0 Å². The largest absolute Gasteiger partial charge is 0.310 e. The van der Waals surface area contributed by atoms with Gasteiger partial charge in [0.1, 0.15) is 0 Å². The molecule has 0 saturated carbocycles. The van der Waals surface area contributed by atoms with Gasteiger partial charge in [0.25, 0.3) is 0 Å². The number of hydrogen-bond acceptors (Lipinski definition) is 1. The van der Waals surface area contributed by atoms with Crippen LogP contribution in [0.25, 0.3) is 66.4 Å². The molecule has 59 heavy (non-hydrogen) atoms. The third-order valence-electron chi connectivity index (χ3n) is 13.3. The second-order valence-corrected chi connectivity index (χ2v) is 17.3. The van der Waals surface area contributed by atoms with E-state index in [0.717, 1.165) is 17.1 Å². The molecule has 0 fully saturated rings. The zero-order valence-electron chi connectivity index (χ0n) is 34.0. The maximum atomic E-state index is 2.45. The van der Waals surface area contributed by atoms with Crippen LogP contribution in [0.5, 0.6) is 0 Å². The van der Waals surface area contributed by atoms with Gasteiger partial charge in [0, 0.05) is 27.9 Å². The predicted octanol–water partition coefficient (Wildman–Crippen LogP) is 15.9. The van der Waals surface area contributed by atoms with Crippen LogP contribution in [0, 0.1) is 0 Å². The average Bonchev–Trinajstić information content (AvgIpc) is 3.66. The monoisotopic (exact) mass is 755 g/mol. The van der Waals surface area contributed by atoms with Crippen LogP contribution in [0.4, 0.5) is 17.1 Å². The molecule has 11 rings (SSSR count). The van der Waals surface area contributed by atoms with Crippen molar-refractivity contribution in [1.82, 2.24) is 0 Å². The van der Waals surface area contributed by atoms with Crippen LogP contribution in [0.2, 0.25) is 0 Å². The normalized spacial score (nSPS) is 14.0. The van der Waals surface area contributed by atoms with Crippen molar-refractivity contribution in [2.45, 2.75) is 38.5 Å². The van der Waals surface area contributed by atoms with Crippen molar-refractivity contribution in [2.75, 3.05) is 4.90 Å². The molecule has 9 aromatic carbocycles. The standard InChI is InChI=1S/C58H45N/c1-57(2)53-22-14-13-20-47(53)48-33-27-42(35-55(48)57)40-25-30-44(31-26-40)59(43-28-23-39(24-29-43)38-15-7-5-8-16-38)45-32-34-54-51(36-45)52-37-50(41-17-9-6-10-18-41)46-19-11-12-21-49(46)56(52)58(54,3)4/h5-37H,1-4H3. The van der Waals surface area contributed by atoms with Crippen LogP contribution >= 0.6 is 0 Å². The molecule has 0 atom stereocenters. The zero-order valence-corrected chi connectivity index (χ0v) is 34.0. The van der Waals surface area contributed by atoms with Crippen molar-refractivity contribution in [3.05, 3.63) is 222 Å². The van der Waals surface area contributed by atoms with Crippen molar-refractivity contribution in [3.8, 4) is 55.6 Å². The van der Waals surface area contributed by atoms with Gasteiger partial charge in [-0.15, -0.1) is 0 Å². The number of fused-ring (bicyclic) bond motifs is 8. The molecule has 0 spiro atoms. The minimum Gasteiger partial charge on any atom is -0.310 e. The summed E-state index contributed by atoms with van der Waals surface area (Å²) in [6, 6.07) is 74.2. The first kappa shape index (κ1) is 35.2. The quantitative estimate of drug-likeness (QED) is 0.163. The van der Waals surface area contributed by atoms with E-state index < -0.39 is 0 Å². The van der Waals surface area contributed by atoms with Crippen LogP contribution in [-0.2, 0) is 10.8 Å². The van der Waals surface area contributed by atoms with Gasteiger partial charge in [-0.2, -0.15) is 0 Å². The Balaban J connectivity index is 1.04. The maximum absolute atomic E-state index is 2.45. The molecule has 0 bridgehead atoms. The van der Waals surface area contributed by atoms with Gasteiger partial charge in [-0.25, -0.2) is 0 Å². The molecular formula is C58H45N. The molecule has 0 saturated heterocycles. The first-order valence-electron chi connectivity index (χ1n) is 20.8. The number of anilines is 3. The number of nitrogens with zero attached hydrogens (tertiary/aromatic N) is 1. The molecule has 0 radical (unpaired) electrons. The number of hydrogen-bond donors (Lipinski definition) is 0. The lowest BCUT2D eigenvalue weighted by Gasteiger charge is -2.27. The molecule has 2 aliphatic rings. The summed E-state index contributed by atoms with van der Waals surface area (Å²) in [7, 11) is 0. The van der Waals surface area contributed by atoms with E-state index in [1.807, 2.05) is 0 Å². The fourth-order valence-electron chi connectivity index (χ4n) is 10.3. The lowest BCUT2D eigenvalue weighted by molar-refractivity contribution is 0.660. The first-order valence-corrected chi connectivity index (χ1v) is 20.8. The summed E-state index contributed by atoms with van der Waals surface area (Å²) in [5, 5.41) is 2.63. The Labute approximate surface area is 347 Å². The van der Waals surface area contributed by atoms with Crippen molar-refractivity contribution >= 4 is 27.8 Å². The lowest BCUT2D eigenvalue weighted by Crippen LogP contribution is -2.16. The van der Waals surface area contributed by atoms with E-state index in [4.69, 9.17) is 0 Å². The topological polar surface area (TPSA) is 3.24 Å². The van der Waals surface area contributed by atoms with Crippen molar-refractivity contribution in [1.29, 1.82) is 0 Å². The fraction of sp³-hybridized carbons (Fsp3) is 0.103. The predicted molar refractivity (Wildman–Crippen MR) is 250 cm³/mol. The fourth-order valence-corrected chi connectivity index (χ4v) is 10.3. The minimum absolute atomic E-state index is 0.0422. The van der Waals surface area contributed by atoms with Crippen LogP contribution in [-0.4, -0.2) is 0 Å². The van der Waals surface area contributed by atoms with Crippen molar-refractivity contribution in [2.24, 2.45) is 0 Å². The SMILES string of the molecule is CC1(C)c2ccccc2-c2ccc(-c3ccc(N(c4ccc(-c5ccccc5)cc4)c4ccc5c(c4)-c4cc(-c6ccccc6)c6ccccc6c4C5(C)C)cc3)cc21. The summed E-state index contributed by atoms with van der Waals surface area (Å²) in [6.45, 7) is 9.49. The third kappa shape index (κ3) is 5.53. The molecule has 9 aromatic rings. The molecule has 0 aliphatic heterocycles. The highest BCUT2D eigenvalue weighted by Gasteiger charge is 2.38. The van der Waals surface area contributed by atoms with Crippen LogP contribution in [0.15, 0.2) is 200 Å². The zero-order chi connectivity index (χ0) is 39.9. The highest BCUT2D eigenvalue weighted by molar-refractivity contribution is 6.06. The Bertz CT molecular complexity index is 3060. The van der Waals surface area contributed by atoms with Crippen LogP contribution < -0.4 is 4.90 Å². The van der Waals surface area contributed by atoms with Crippen LogP contribution in [0.1, 0.15) is 49.9 Å². The van der Waals surface area contributed by atoms with Crippen molar-refractivity contribution in [3.63, 3.8) is 0 Å². The summed E-state index contributed by atoms with van der Waals surface area (Å²) in [5.74, 6) is 0. The van der Waals surface area contributed by atoms with E-state index >= 15 is 0 Å². The van der Waals surface area contributed by atoms with E-state index in [-0.39, 0.29) is 10.8 Å². The molecule has 2 aliphatic carbocycles. The van der Waals surface area contributed by atoms with Gasteiger partial charge in [-0.1, -0.05) is 179 Å². The summed E-state index contributed by atoms with van der Waals surface area (Å²) in [4.78, 5) is 2.42. The highest BCUT2D eigenvalue weighted by atomic mass is 15.1. The highest BCUT2D eigenvalue weighted by Crippen LogP contribution is 2.55. The Hall–Kier alpha value is -6.96. The Morgan fingerprint density at radius 3 is 1.49 bits per heavy atom. The van der Waals surface area contributed by atoms with Gasteiger partial charge in [-0.05, 0) is 137 Å². The second-order valence-electron chi connectivity index (χ2n) is 17.3. The number of benzene rings is 9. The Kier molecular flexibility index (Phi) is 7.94. The van der Waals surface area contributed by atoms with Crippen molar-refractivity contribution < 1.29 is 0 Å². The Morgan fingerprint density at radius 1 is 0.288 bits per heavy atom. The van der Waals surface area contributed by atoms with Gasteiger partial charge in [-0.3, -0.25) is 0 Å². The number of rotatable bonds is 6. The summed E-state index contributed by atoms with van der Waals surface area (Å²) in [5.41, 5.74) is 21.5. The van der Waals surface area contributed by atoms with Gasteiger partial charge in [0.15, 0.2) is 0 Å². The van der Waals surface area contributed by atoms with E-state index in [0.29, 0.717) is 0 Å². The molecule has 0 heterocycles. The first-order chi connectivity index (χ1) is 28.8. The molecule has 0 aromatic heterocycles. The summed E-state index contributed by atoms with van der Waals surface area (Å²) < 4.78 is 0. The average molecular weight is 756 g/mol. The Morgan fingerprint density at radius 2 is 0.797 bits per heavy atom. The smallest absolute Gasteiger partial charge is 0.0468 e. The summed E-state index contributed by atoms with van der Waals surface area (Å²) in [6.07, 6.45) is 0. The molecule has 0 unspecified atom stereocenters. The molecule has 282 valence electrons. The van der Waals surface area contributed by atoms with Crippen LogP contribution in [0.3, 0.4) is 0 Å². The van der Waals surface area contributed by atoms with Gasteiger partial charge in [0.05, 0.1) is 0 Å². The molecule has 0 N–H and O–H groups in total. The molecule has 0 amide bonds. The van der Waals surface area contributed by atoms with E-state index in [1.165, 1.54) is 88.7 Å². The van der Waals surface area contributed by atoms with E-state index in [9.17, 15) is 0 Å². The van der Waals surface area contributed by atoms with Gasteiger partial charge in [0.2, 0.25) is 0 Å². The summed E-state index contributed by atoms with van der Waals surface area (Å²) >= 11 is 0. The minimum atomic E-state index is -0.159.